The molecule has 0 unspecified atom stereocenters. The highest BCUT2D eigenvalue weighted by Gasteiger charge is 2.63. The van der Waals surface area contributed by atoms with Gasteiger partial charge in [-0.05, 0) is 119 Å². The third-order valence-electron chi connectivity index (χ3n) is 12.9. The van der Waals surface area contributed by atoms with Gasteiger partial charge in [0.05, 0.1) is 11.3 Å². The number of carbonyl (C=O) groups excluding carboxylic acids is 1. The molecule has 1 amide bonds. The lowest BCUT2D eigenvalue weighted by molar-refractivity contribution is -0.125. The Kier molecular flexibility index (Phi) is 8.29. The lowest BCUT2D eigenvalue weighted by atomic mass is 9.46. The predicted molar refractivity (Wildman–Crippen MR) is 174 cm³/mol. The second kappa shape index (κ2) is 11.6. The summed E-state index contributed by atoms with van der Waals surface area (Å²) in [7, 11) is 0. The summed E-state index contributed by atoms with van der Waals surface area (Å²) in [6.07, 6.45) is 18.9. The molecule has 3 saturated carbocycles. The molecule has 4 fully saturated rings. The van der Waals surface area contributed by atoms with Crippen LogP contribution in [0.5, 0.6) is 0 Å². The van der Waals surface area contributed by atoms with Gasteiger partial charge in [0.2, 0.25) is 0 Å². The van der Waals surface area contributed by atoms with Crippen molar-refractivity contribution in [3.63, 3.8) is 0 Å². The molecule has 1 aromatic rings. The SMILES string of the molecule is C#C[C@]1(O)CC[C@H]2[C@@H]3CCC4=C/C(=N\OCC(=O)NCC[C@@]5(c6ccccc6)CCOC(C)(C)C5)CC[C@]4(C)[C@H]3CC[C@@]21C. The highest BCUT2D eigenvalue weighted by Crippen LogP contribution is 2.67. The lowest BCUT2D eigenvalue weighted by Gasteiger charge is -2.58. The number of benzene rings is 1. The van der Waals surface area contributed by atoms with E-state index >= 15 is 0 Å². The Labute approximate surface area is 264 Å². The Bertz CT molecular complexity index is 1350. The molecule has 0 radical (unpaired) electrons. The van der Waals surface area contributed by atoms with Crippen LogP contribution in [-0.4, -0.2) is 47.7 Å². The Morgan fingerprint density at radius 1 is 1.07 bits per heavy atom. The van der Waals surface area contributed by atoms with E-state index in [0.717, 1.165) is 82.9 Å². The first-order chi connectivity index (χ1) is 20.9. The van der Waals surface area contributed by atoms with Gasteiger partial charge < -0.3 is 20.0 Å². The van der Waals surface area contributed by atoms with Gasteiger partial charge in [0.25, 0.3) is 5.91 Å². The average molecular weight is 601 g/mol. The quantitative estimate of drug-likeness (QED) is 0.269. The molecular formula is C38H52N2O4. The molecule has 5 aliphatic rings. The van der Waals surface area contributed by atoms with E-state index < -0.39 is 5.60 Å². The average Bonchev–Trinajstić information content (AvgIpc) is 3.28. The number of nitrogens with zero attached hydrogens (tertiary/aromatic N) is 1. The molecule has 238 valence electrons. The maximum atomic E-state index is 12.7. The van der Waals surface area contributed by atoms with Crippen molar-refractivity contribution < 1.29 is 19.5 Å². The van der Waals surface area contributed by atoms with Crippen LogP contribution in [0.1, 0.15) is 104 Å². The molecule has 2 N–H and O–H groups in total. The summed E-state index contributed by atoms with van der Waals surface area (Å²) in [5, 5.41) is 18.8. The number of oxime groups is 1. The standard InChI is InChI=1S/C38H52N2O4/c1-6-38(42)19-16-32-30-13-12-28-24-29(14-17-35(28,4)31(30)15-18-36(32,38)5)40-44-25-33(41)39-22-20-37(27-10-8-7-9-11-27)21-23-43-34(2,3)26-37/h1,7-11,24,30-32,42H,12-23,25-26H2,2-5H3,(H,39,41)/b40-29-/t30-,31+,32+,35+,36+,37-,38+/m1/s1. The zero-order chi connectivity index (χ0) is 31.2. The maximum absolute atomic E-state index is 12.7. The van der Waals surface area contributed by atoms with Crippen molar-refractivity contribution in [2.45, 2.75) is 115 Å². The van der Waals surface area contributed by atoms with Crippen LogP contribution in [0.3, 0.4) is 0 Å². The van der Waals surface area contributed by atoms with Crippen LogP contribution in [0, 0.1) is 40.9 Å². The number of rotatable bonds is 7. The number of ether oxygens (including phenoxy) is 1. The summed E-state index contributed by atoms with van der Waals surface area (Å²) in [4.78, 5) is 18.3. The van der Waals surface area contributed by atoms with Gasteiger partial charge >= 0.3 is 0 Å². The van der Waals surface area contributed by atoms with Gasteiger partial charge in [-0.15, -0.1) is 6.42 Å². The van der Waals surface area contributed by atoms with Crippen molar-refractivity contribution in [2.24, 2.45) is 33.7 Å². The Morgan fingerprint density at radius 2 is 1.84 bits per heavy atom. The van der Waals surface area contributed by atoms with E-state index in [1.54, 1.807) is 0 Å². The zero-order valence-electron chi connectivity index (χ0n) is 27.3. The number of aliphatic hydroxyl groups is 1. The van der Waals surface area contributed by atoms with Crippen LogP contribution in [0.2, 0.25) is 0 Å². The third kappa shape index (κ3) is 5.43. The van der Waals surface area contributed by atoms with E-state index in [2.05, 4.69) is 80.5 Å². The van der Waals surface area contributed by atoms with E-state index in [9.17, 15) is 9.90 Å². The van der Waals surface area contributed by atoms with Crippen molar-refractivity contribution in [2.75, 3.05) is 19.8 Å². The van der Waals surface area contributed by atoms with E-state index in [1.165, 1.54) is 11.1 Å². The molecule has 6 rings (SSSR count). The van der Waals surface area contributed by atoms with Crippen molar-refractivity contribution in [1.82, 2.24) is 5.32 Å². The van der Waals surface area contributed by atoms with E-state index in [1.807, 2.05) is 0 Å². The summed E-state index contributed by atoms with van der Waals surface area (Å²) >= 11 is 0. The van der Waals surface area contributed by atoms with Gasteiger partial charge in [-0.3, -0.25) is 4.79 Å². The van der Waals surface area contributed by atoms with Gasteiger partial charge in [0.1, 0.15) is 5.60 Å². The fourth-order valence-electron chi connectivity index (χ4n) is 10.4. The predicted octanol–water partition coefficient (Wildman–Crippen LogP) is 6.72. The second-order valence-electron chi connectivity index (χ2n) is 15.6. The molecule has 6 heteroatoms. The minimum Gasteiger partial charge on any atom is -0.385 e. The number of nitrogens with one attached hydrogen (secondary N) is 1. The summed E-state index contributed by atoms with van der Waals surface area (Å²) in [5.41, 5.74) is 2.57. The molecule has 6 nitrogen and oxygen atoms in total. The number of hydrogen-bond acceptors (Lipinski definition) is 5. The summed E-state index contributed by atoms with van der Waals surface area (Å²) in [6.45, 7) is 10.3. The Balaban J connectivity index is 1.03. The summed E-state index contributed by atoms with van der Waals surface area (Å²) in [6, 6.07) is 10.7. The summed E-state index contributed by atoms with van der Waals surface area (Å²) in [5.74, 6) is 4.39. The van der Waals surface area contributed by atoms with Gasteiger partial charge in [-0.1, -0.05) is 60.8 Å². The molecule has 1 aliphatic heterocycles. The number of fused-ring (bicyclic) bond motifs is 5. The van der Waals surface area contributed by atoms with Crippen molar-refractivity contribution in [3.05, 3.63) is 47.5 Å². The molecule has 0 spiro atoms. The minimum atomic E-state index is -0.958. The van der Waals surface area contributed by atoms with E-state index in [4.69, 9.17) is 16.0 Å². The lowest BCUT2D eigenvalue weighted by Crippen LogP contribution is -2.54. The monoisotopic (exact) mass is 600 g/mol. The highest BCUT2D eigenvalue weighted by molar-refractivity contribution is 5.96. The van der Waals surface area contributed by atoms with E-state index in [0.29, 0.717) is 24.3 Å². The molecule has 1 heterocycles. The molecule has 0 aromatic heterocycles. The van der Waals surface area contributed by atoms with Crippen LogP contribution in [0.25, 0.3) is 0 Å². The number of terminal acetylenes is 1. The number of amides is 1. The molecule has 0 bridgehead atoms. The van der Waals surface area contributed by atoms with Crippen LogP contribution in [0.4, 0.5) is 0 Å². The summed E-state index contributed by atoms with van der Waals surface area (Å²) < 4.78 is 6.04. The van der Waals surface area contributed by atoms with Crippen LogP contribution in [-0.2, 0) is 19.8 Å². The van der Waals surface area contributed by atoms with Gasteiger partial charge in [0, 0.05) is 24.0 Å². The van der Waals surface area contributed by atoms with Crippen molar-refractivity contribution in [1.29, 1.82) is 0 Å². The Morgan fingerprint density at radius 3 is 2.59 bits per heavy atom. The van der Waals surface area contributed by atoms with Crippen molar-refractivity contribution >= 4 is 11.6 Å². The van der Waals surface area contributed by atoms with Crippen LogP contribution >= 0.6 is 0 Å². The molecule has 4 aliphatic carbocycles. The minimum absolute atomic E-state index is 0.0193. The molecule has 1 saturated heterocycles. The maximum Gasteiger partial charge on any atom is 0.260 e. The third-order valence-corrected chi connectivity index (χ3v) is 12.9. The molecular weight excluding hydrogens is 548 g/mol. The van der Waals surface area contributed by atoms with E-state index in [-0.39, 0.29) is 34.4 Å². The first-order valence-corrected chi connectivity index (χ1v) is 17.0. The number of allylic oxidation sites excluding steroid dienone is 2. The Hall–Kier alpha value is -2.62. The molecule has 7 atom stereocenters. The largest absolute Gasteiger partial charge is 0.385 e. The number of hydrogen-bond donors (Lipinski definition) is 2. The van der Waals surface area contributed by atoms with Crippen LogP contribution in [0.15, 0.2) is 47.1 Å². The fraction of sp³-hybridized carbons (Fsp3) is 0.684. The van der Waals surface area contributed by atoms with Crippen LogP contribution < -0.4 is 5.32 Å². The number of carbonyl (C=O) groups is 1. The van der Waals surface area contributed by atoms with Crippen molar-refractivity contribution in [3.8, 4) is 12.3 Å². The first-order valence-electron chi connectivity index (χ1n) is 17.0. The van der Waals surface area contributed by atoms with Gasteiger partial charge in [0.15, 0.2) is 6.61 Å². The van der Waals surface area contributed by atoms with Gasteiger partial charge in [-0.2, -0.15) is 0 Å². The zero-order valence-corrected chi connectivity index (χ0v) is 27.3. The highest BCUT2D eigenvalue weighted by atomic mass is 16.6. The molecule has 1 aromatic carbocycles. The van der Waals surface area contributed by atoms with Gasteiger partial charge in [-0.25, -0.2) is 0 Å². The normalized spacial score (nSPS) is 40.1. The topological polar surface area (TPSA) is 80.2 Å². The first kappa shape index (κ1) is 31.4. The molecule has 44 heavy (non-hydrogen) atoms. The second-order valence-corrected chi connectivity index (χ2v) is 15.6. The smallest absolute Gasteiger partial charge is 0.260 e. The fourth-order valence-corrected chi connectivity index (χ4v) is 10.4.